The second kappa shape index (κ2) is 7.39. The molecule has 1 fully saturated rings. The number of phenols is 1. The van der Waals surface area contributed by atoms with Crippen molar-refractivity contribution in [2.45, 2.75) is 24.9 Å². The molecule has 0 aliphatic carbocycles. The van der Waals surface area contributed by atoms with Crippen molar-refractivity contribution in [1.29, 1.82) is 0 Å². The summed E-state index contributed by atoms with van der Waals surface area (Å²) in [6, 6.07) is 5.76. The van der Waals surface area contributed by atoms with Gasteiger partial charge in [0.05, 0.1) is 18.3 Å². The Kier molecular flexibility index (Phi) is 5.33. The first-order valence-corrected chi connectivity index (χ1v) is 9.35. The summed E-state index contributed by atoms with van der Waals surface area (Å²) in [4.78, 5) is 43.9. The molecule has 3 rings (SSSR count). The van der Waals surface area contributed by atoms with Crippen LogP contribution in [0, 0.1) is 0 Å². The molecule has 0 unspecified atom stereocenters. The maximum Gasteiger partial charge on any atom is 0.469 e. The Balaban J connectivity index is 1.88. The van der Waals surface area contributed by atoms with Gasteiger partial charge in [0.2, 0.25) is 0 Å². The summed E-state index contributed by atoms with van der Waals surface area (Å²) in [5, 5.41) is 19.4. The molecule has 1 aliphatic heterocycles. The van der Waals surface area contributed by atoms with Crippen LogP contribution in [0.25, 0.3) is 11.1 Å². The number of phosphoric acid groups is 1. The van der Waals surface area contributed by atoms with Gasteiger partial charge in [-0.1, -0.05) is 12.1 Å². The highest BCUT2D eigenvalue weighted by molar-refractivity contribution is 7.46. The molecule has 1 aromatic carbocycles. The van der Waals surface area contributed by atoms with Crippen molar-refractivity contribution in [2.24, 2.45) is 0 Å². The monoisotopic (exact) mass is 400 g/mol. The number of aliphatic hydroxyl groups excluding tert-OH is 1. The first kappa shape index (κ1) is 19.5. The maximum absolute atomic E-state index is 12.1. The molecular formula is C15H17N2O9P. The van der Waals surface area contributed by atoms with E-state index < -0.39 is 44.1 Å². The van der Waals surface area contributed by atoms with Gasteiger partial charge in [-0.15, -0.1) is 0 Å². The van der Waals surface area contributed by atoms with E-state index in [0.717, 1.165) is 4.57 Å². The molecule has 0 radical (unpaired) electrons. The third-order valence-corrected chi connectivity index (χ3v) is 4.55. The SMILES string of the molecule is O=c1[nH]c(=O)n([C@H]2C[C@H](O)[C@@H](COP(=O)(O)O)O2)cc1-c1ccc(O)cc1. The lowest BCUT2D eigenvalue weighted by Gasteiger charge is -2.17. The highest BCUT2D eigenvalue weighted by Gasteiger charge is 2.37. The molecule has 1 aromatic heterocycles. The predicted molar refractivity (Wildman–Crippen MR) is 91.0 cm³/mol. The molecule has 1 aliphatic rings. The van der Waals surface area contributed by atoms with Gasteiger partial charge in [0.25, 0.3) is 5.56 Å². The third-order valence-electron chi connectivity index (χ3n) is 4.07. The Morgan fingerprint density at radius 2 is 1.93 bits per heavy atom. The van der Waals surface area contributed by atoms with E-state index in [1.54, 1.807) is 0 Å². The number of hydrogen-bond donors (Lipinski definition) is 5. The number of benzene rings is 1. The van der Waals surface area contributed by atoms with E-state index in [2.05, 4.69) is 9.51 Å². The fourth-order valence-corrected chi connectivity index (χ4v) is 3.09. The van der Waals surface area contributed by atoms with Gasteiger partial charge in [-0.25, -0.2) is 9.36 Å². The Morgan fingerprint density at radius 3 is 2.56 bits per heavy atom. The molecule has 0 amide bonds. The molecule has 2 heterocycles. The third kappa shape index (κ3) is 4.53. The minimum absolute atomic E-state index is 0.0126. The zero-order valence-electron chi connectivity index (χ0n) is 13.8. The molecule has 27 heavy (non-hydrogen) atoms. The summed E-state index contributed by atoms with van der Waals surface area (Å²) in [5.74, 6) is 0.0126. The molecule has 3 atom stereocenters. The van der Waals surface area contributed by atoms with Crippen molar-refractivity contribution < 1.29 is 33.8 Å². The van der Waals surface area contributed by atoms with Crippen molar-refractivity contribution in [3.63, 3.8) is 0 Å². The van der Waals surface area contributed by atoms with Gasteiger partial charge in [-0.2, -0.15) is 0 Å². The van der Waals surface area contributed by atoms with Crippen LogP contribution < -0.4 is 11.2 Å². The summed E-state index contributed by atoms with van der Waals surface area (Å²) >= 11 is 0. The quantitative estimate of drug-likeness (QED) is 0.421. The molecular weight excluding hydrogens is 383 g/mol. The average molecular weight is 400 g/mol. The number of H-pyrrole nitrogens is 1. The van der Waals surface area contributed by atoms with E-state index in [1.807, 2.05) is 0 Å². The number of nitrogens with one attached hydrogen (secondary N) is 1. The minimum atomic E-state index is -4.73. The van der Waals surface area contributed by atoms with E-state index in [-0.39, 0.29) is 17.7 Å². The number of phosphoric ester groups is 1. The molecule has 1 saturated heterocycles. The Labute approximate surface area is 151 Å². The average Bonchev–Trinajstić information content (AvgIpc) is 2.94. The molecule has 146 valence electrons. The molecule has 2 aromatic rings. The second-order valence-electron chi connectivity index (χ2n) is 5.97. The van der Waals surface area contributed by atoms with Crippen molar-refractivity contribution in [2.75, 3.05) is 6.61 Å². The van der Waals surface area contributed by atoms with Gasteiger partial charge in [0.1, 0.15) is 18.1 Å². The summed E-state index contributed by atoms with van der Waals surface area (Å²) < 4.78 is 21.7. The molecule has 0 bridgehead atoms. The van der Waals surface area contributed by atoms with E-state index in [0.29, 0.717) is 5.56 Å². The Bertz CT molecular complexity index is 978. The van der Waals surface area contributed by atoms with Crippen molar-refractivity contribution in [3.05, 3.63) is 51.3 Å². The molecule has 0 spiro atoms. The lowest BCUT2D eigenvalue weighted by atomic mass is 10.1. The number of rotatable bonds is 5. The maximum atomic E-state index is 12.1. The normalized spacial score (nSPS) is 22.9. The van der Waals surface area contributed by atoms with Gasteiger partial charge in [-0.05, 0) is 17.7 Å². The fourth-order valence-electron chi connectivity index (χ4n) is 2.75. The Hall–Kier alpha value is -2.27. The zero-order chi connectivity index (χ0) is 19.8. The van der Waals surface area contributed by atoms with Crippen LogP contribution >= 0.6 is 7.82 Å². The number of aliphatic hydroxyl groups is 1. The predicted octanol–water partition coefficient (Wildman–Crippen LogP) is -0.333. The highest BCUT2D eigenvalue weighted by Crippen LogP contribution is 2.38. The number of hydrogen-bond acceptors (Lipinski definition) is 7. The first-order chi connectivity index (χ1) is 12.6. The molecule has 11 nitrogen and oxygen atoms in total. The number of phenolic OH excluding ortho intramolecular Hbond substituents is 1. The van der Waals surface area contributed by atoms with Gasteiger partial charge < -0.3 is 24.7 Å². The van der Waals surface area contributed by atoms with E-state index in [1.165, 1.54) is 30.5 Å². The number of nitrogens with zero attached hydrogens (tertiary/aromatic N) is 1. The van der Waals surface area contributed by atoms with Crippen molar-refractivity contribution in [1.82, 2.24) is 9.55 Å². The van der Waals surface area contributed by atoms with Gasteiger partial charge in [0, 0.05) is 12.6 Å². The minimum Gasteiger partial charge on any atom is -0.508 e. The summed E-state index contributed by atoms with van der Waals surface area (Å²) in [6.45, 7) is -0.565. The van der Waals surface area contributed by atoms with Crippen LogP contribution in [0.2, 0.25) is 0 Å². The molecule has 12 heteroatoms. The zero-order valence-corrected chi connectivity index (χ0v) is 14.7. The van der Waals surface area contributed by atoms with Crippen LogP contribution in [0.3, 0.4) is 0 Å². The number of aromatic amines is 1. The topological polar surface area (TPSA) is 171 Å². The number of aromatic hydroxyl groups is 1. The van der Waals surface area contributed by atoms with Crippen LogP contribution in [0.1, 0.15) is 12.6 Å². The lowest BCUT2D eigenvalue weighted by molar-refractivity contribution is -0.0450. The van der Waals surface area contributed by atoms with Crippen LogP contribution in [-0.4, -0.2) is 48.4 Å². The van der Waals surface area contributed by atoms with Gasteiger partial charge >= 0.3 is 13.5 Å². The summed E-state index contributed by atoms with van der Waals surface area (Å²) in [7, 11) is -4.73. The molecule has 5 N–H and O–H groups in total. The van der Waals surface area contributed by atoms with Crippen molar-refractivity contribution in [3.8, 4) is 16.9 Å². The first-order valence-electron chi connectivity index (χ1n) is 7.82. The standard InChI is InChI=1S/C15H17N2O9P/c18-9-3-1-8(2-4-9)10-6-17(15(21)16-14(10)20)13-5-11(19)12(26-13)7-25-27(22,23)24/h1-4,6,11-13,18-19H,5,7H2,(H,16,20,21)(H2,22,23,24)/t11-,12+,13+/m0/s1. The lowest BCUT2D eigenvalue weighted by Crippen LogP contribution is -2.33. The smallest absolute Gasteiger partial charge is 0.469 e. The summed E-state index contributed by atoms with van der Waals surface area (Å²) in [5.41, 5.74) is -0.816. The molecule has 0 saturated carbocycles. The van der Waals surface area contributed by atoms with Gasteiger partial charge in [0.15, 0.2) is 0 Å². The Morgan fingerprint density at radius 1 is 1.26 bits per heavy atom. The van der Waals surface area contributed by atoms with Crippen LogP contribution in [-0.2, 0) is 13.8 Å². The van der Waals surface area contributed by atoms with Crippen molar-refractivity contribution >= 4 is 7.82 Å². The second-order valence-corrected chi connectivity index (χ2v) is 7.21. The van der Waals surface area contributed by atoms with E-state index >= 15 is 0 Å². The number of ether oxygens (including phenoxy) is 1. The van der Waals surface area contributed by atoms with Crippen LogP contribution in [0.4, 0.5) is 0 Å². The van der Waals surface area contributed by atoms with Crippen LogP contribution in [0.5, 0.6) is 5.75 Å². The van der Waals surface area contributed by atoms with E-state index in [9.17, 15) is 24.4 Å². The summed E-state index contributed by atoms with van der Waals surface area (Å²) in [6.07, 6.45) is -1.94. The van der Waals surface area contributed by atoms with Gasteiger partial charge in [-0.3, -0.25) is 18.9 Å². The highest BCUT2D eigenvalue weighted by atomic mass is 31.2. The number of aromatic nitrogens is 2. The van der Waals surface area contributed by atoms with Crippen LogP contribution in [0.15, 0.2) is 40.1 Å². The largest absolute Gasteiger partial charge is 0.508 e. The fraction of sp³-hybridized carbons (Fsp3) is 0.333. The van der Waals surface area contributed by atoms with E-state index in [4.69, 9.17) is 14.5 Å².